The van der Waals surface area contributed by atoms with E-state index >= 15 is 0 Å². The summed E-state index contributed by atoms with van der Waals surface area (Å²) in [4.78, 5) is 0. The second-order valence-corrected chi connectivity index (χ2v) is 5.26. The third-order valence-electron chi connectivity index (χ3n) is 3.84. The minimum absolute atomic E-state index is 0.0738. The lowest BCUT2D eigenvalue weighted by atomic mass is 9.89. The van der Waals surface area contributed by atoms with Gasteiger partial charge in [0, 0.05) is 0 Å². The molecule has 0 saturated heterocycles. The van der Waals surface area contributed by atoms with Gasteiger partial charge in [-0.15, -0.1) is 0 Å². The zero-order chi connectivity index (χ0) is 14.8. The summed E-state index contributed by atoms with van der Waals surface area (Å²) >= 11 is 0. The van der Waals surface area contributed by atoms with Gasteiger partial charge in [0.1, 0.15) is 24.0 Å². The Balaban J connectivity index is 1.77. The summed E-state index contributed by atoms with van der Waals surface area (Å²) in [6, 6.07) is 9.15. The molecule has 0 aromatic heterocycles. The average Bonchev–Trinajstić information content (AvgIpc) is 2.47. The van der Waals surface area contributed by atoms with Gasteiger partial charge in [-0.05, 0) is 54.7 Å². The minimum Gasteiger partial charge on any atom is -0.489 e. The zero-order valence-corrected chi connectivity index (χ0v) is 11.5. The maximum atomic E-state index is 13.5. The molecular formula is C17H16F2O2. The monoisotopic (exact) mass is 290 g/mol. The standard InChI is InChI=1S/C17H16F2O2/c18-15-4-2-5-16(19)14(15)10-21-12-7-8-13-11(9-12)3-1-6-17(13)20/h2,4-5,7-9,17,20H,1,3,6,10H2. The Kier molecular flexibility index (Phi) is 3.88. The quantitative estimate of drug-likeness (QED) is 0.928. The number of rotatable bonds is 3. The summed E-state index contributed by atoms with van der Waals surface area (Å²) in [7, 11) is 0. The summed E-state index contributed by atoms with van der Waals surface area (Å²) in [5.41, 5.74) is 1.89. The van der Waals surface area contributed by atoms with Crippen LogP contribution in [0.1, 0.15) is 35.6 Å². The molecule has 2 nitrogen and oxygen atoms in total. The predicted molar refractivity (Wildman–Crippen MR) is 75.0 cm³/mol. The normalized spacial score (nSPS) is 17.4. The smallest absolute Gasteiger partial charge is 0.132 e. The van der Waals surface area contributed by atoms with Gasteiger partial charge in [-0.2, -0.15) is 0 Å². The topological polar surface area (TPSA) is 29.5 Å². The molecule has 0 aliphatic heterocycles. The molecule has 0 radical (unpaired) electrons. The number of aryl methyl sites for hydroxylation is 1. The van der Waals surface area contributed by atoms with E-state index < -0.39 is 17.7 Å². The summed E-state index contributed by atoms with van der Waals surface area (Å²) in [5.74, 6) is -0.655. The fourth-order valence-electron chi connectivity index (χ4n) is 2.68. The molecule has 2 aromatic rings. The first kappa shape index (κ1) is 14.0. The van der Waals surface area contributed by atoms with Crippen molar-refractivity contribution in [1.29, 1.82) is 0 Å². The minimum atomic E-state index is -0.608. The summed E-state index contributed by atoms with van der Waals surface area (Å²) < 4.78 is 32.5. The van der Waals surface area contributed by atoms with E-state index in [1.807, 2.05) is 12.1 Å². The van der Waals surface area contributed by atoms with Crippen LogP contribution in [0.3, 0.4) is 0 Å². The summed E-state index contributed by atoms with van der Waals surface area (Å²) in [5, 5.41) is 9.89. The van der Waals surface area contributed by atoms with Gasteiger partial charge in [0.15, 0.2) is 0 Å². The van der Waals surface area contributed by atoms with E-state index in [0.29, 0.717) is 5.75 Å². The molecule has 1 aliphatic rings. The zero-order valence-electron chi connectivity index (χ0n) is 11.5. The van der Waals surface area contributed by atoms with Gasteiger partial charge in [-0.1, -0.05) is 12.1 Å². The lowest BCUT2D eigenvalue weighted by molar-refractivity contribution is 0.156. The highest BCUT2D eigenvalue weighted by Crippen LogP contribution is 2.32. The van der Waals surface area contributed by atoms with Crippen molar-refractivity contribution in [2.75, 3.05) is 0 Å². The van der Waals surface area contributed by atoms with Gasteiger partial charge in [-0.25, -0.2) is 8.78 Å². The van der Waals surface area contributed by atoms with Crippen LogP contribution in [-0.2, 0) is 13.0 Å². The molecule has 1 N–H and O–H groups in total. The van der Waals surface area contributed by atoms with Crippen molar-refractivity contribution in [3.8, 4) is 5.75 Å². The first-order chi connectivity index (χ1) is 10.1. The van der Waals surface area contributed by atoms with E-state index in [1.54, 1.807) is 6.07 Å². The van der Waals surface area contributed by atoms with Gasteiger partial charge in [0.25, 0.3) is 0 Å². The number of ether oxygens (including phenoxy) is 1. The van der Waals surface area contributed by atoms with Crippen LogP contribution in [0, 0.1) is 11.6 Å². The van der Waals surface area contributed by atoms with E-state index in [0.717, 1.165) is 30.4 Å². The van der Waals surface area contributed by atoms with Gasteiger partial charge in [0.2, 0.25) is 0 Å². The van der Waals surface area contributed by atoms with Crippen molar-refractivity contribution in [2.45, 2.75) is 32.0 Å². The molecule has 4 heteroatoms. The Labute approximate surface area is 122 Å². The molecule has 110 valence electrons. The lowest BCUT2D eigenvalue weighted by Crippen LogP contribution is -2.09. The maximum absolute atomic E-state index is 13.5. The number of halogens is 2. The van der Waals surface area contributed by atoms with Crippen LogP contribution < -0.4 is 4.74 Å². The maximum Gasteiger partial charge on any atom is 0.132 e. The second kappa shape index (κ2) is 5.82. The molecule has 0 bridgehead atoms. The molecule has 0 saturated carbocycles. The Morgan fingerprint density at radius 2 is 1.90 bits per heavy atom. The van der Waals surface area contributed by atoms with E-state index in [2.05, 4.69) is 0 Å². The molecule has 2 aromatic carbocycles. The molecule has 0 heterocycles. The van der Waals surface area contributed by atoms with E-state index in [4.69, 9.17) is 4.74 Å². The largest absolute Gasteiger partial charge is 0.489 e. The van der Waals surface area contributed by atoms with Crippen LogP contribution in [0.4, 0.5) is 8.78 Å². The van der Waals surface area contributed by atoms with Crippen LogP contribution >= 0.6 is 0 Å². The Morgan fingerprint density at radius 3 is 2.67 bits per heavy atom. The van der Waals surface area contributed by atoms with Gasteiger partial charge in [0.05, 0.1) is 11.7 Å². The third-order valence-corrected chi connectivity index (χ3v) is 3.84. The lowest BCUT2D eigenvalue weighted by Gasteiger charge is -2.21. The first-order valence-corrected chi connectivity index (χ1v) is 7.02. The number of benzene rings is 2. The Morgan fingerprint density at radius 1 is 1.14 bits per heavy atom. The molecule has 0 fully saturated rings. The van der Waals surface area contributed by atoms with Crippen LogP contribution in [0.25, 0.3) is 0 Å². The van der Waals surface area contributed by atoms with Crippen LogP contribution in [-0.4, -0.2) is 5.11 Å². The molecular weight excluding hydrogens is 274 g/mol. The van der Waals surface area contributed by atoms with Crippen molar-refractivity contribution in [2.24, 2.45) is 0 Å². The highest BCUT2D eigenvalue weighted by atomic mass is 19.1. The van der Waals surface area contributed by atoms with Crippen molar-refractivity contribution in [1.82, 2.24) is 0 Å². The van der Waals surface area contributed by atoms with E-state index in [9.17, 15) is 13.9 Å². The second-order valence-electron chi connectivity index (χ2n) is 5.26. The third kappa shape index (κ3) is 2.90. The molecule has 1 aliphatic carbocycles. The number of hydrogen-bond acceptors (Lipinski definition) is 2. The predicted octanol–water partition coefficient (Wildman–Crippen LogP) is 3.91. The first-order valence-electron chi connectivity index (χ1n) is 7.02. The van der Waals surface area contributed by atoms with Gasteiger partial charge >= 0.3 is 0 Å². The molecule has 3 rings (SSSR count). The van der Waals surface area contributed by atoms with Crippen LogP contribution in [0.5, 0.6) is 5.75 Å². The van der Waals surface area contributed by atoms with Gasteiger partial charge < -0.3 is 9.84 Å². The average molecular weight is 290 g/mol. The summed E-state index contributed by atoms with van der Waals surface area (Å²) in [6.07, 6.45) is 2.16. The summed E-state index contributed by atoms with van der Waals surface area (Å²) in [6.45, 7) is -0.153. The van der Waals surface area contributed by atoms with Crippen molar-refractivity contribution in [3.05, 3.63) is 64.7 Å². The van der Waals surface area contributed by atoms with Crippen LogP contribution in [0.15, 0.2) is 36.4 Å². The Hall–Kier alpha value is -1.94. The highest BCUT2D eigenvalue weighted by molar-refractivity contribution is 5.38. The number of hydrogen-bond donors (Lipinski definition) is 1. The van der Waals surface area contributed by atoms with Crippen molar-refractivity contribution < 1.29 is 18.6 Å². The highest BCUT2D eigenvalue weighted by Gasteiger charge is 2.18. The van der Waals surface area contributed by atoms with E-state index in [-0.39, 0.29) is 12.2 Å². The fraction of sp³-hybridized carbons (Fsp3) is 0.294. The molecule has 1 unspecified atom stereocenters. The van der Waals surface area contributed by atoms with E-state index in [1.165, 1.54) is 18.2 Å². The molecule has 0 amide bonds. The Bertz CT molecular complexity index is 635. The molecule has 0 spiro atoms. The SMILES string of the molecule is OC1CCCc2cc(OCc3c(F)cccc3F)ccc21. The fourth-order valence-corrected chi connectivity index (χ4v) is 2.68. The molecule has 21 heavy (non-hydrogen) atoms. The molecule has 1 atom stereocenters. The number of fused-ring (bicyclic) bond motifs is 1. The number of aliphatic hydroxyl groups is 1. The van der Waals surface area contributed by atoms with Crippen molar-refractivity contribution in [3.63, 3.8) is 0 Å². The number of aliphatic hydroxyl groups excluding tert-OH is 1. The van der Waals surface area contributed by atoms with Gasteiger partial charge in [-0.3, -0.25) is 0 Å². The van der Waals surface area contributed by atoms with Crippen molar-refractivity contribution >= 4 is 0 Å². The van der Waals surface area contributed by atoms with Crippen LogP contribution in [0.2, 0.25) is 0 Å².